The van der Waals surface area contributed by atoms with E-state index in [4.69, 9.17) is 9.47 Å². The van der Waals surface area contributed by atoms with Crippen LogP contribution in [-0.4, -0.2) is 60.3 Å². The van der Waals surface area contributed by atoms with Crippen molar-refractivity contribution in [3.63, 3.8) is 0 Å². The van der Waals surface area contributed by atoms with Crippen molar-refractivity contribution in [1.82, 2.24) is 19.5 Å². The van der Waals surface area contributed by atoms with E-state index in [9.17, 15) is 13.2 Å². The molecule has 2 aromatic heterocycles. The zero-order chi connectivity index (χ0) is 35.7. The number of anilines is 2. The number of fused-ring (bicyclic) bond motifs is 2. The topological polar surface area (TPSA) is 127 Å². The van der Waals surface area contributed by atoms with E-state index in [1.807, 2.05) is 32.9 Å². The lowest BCUT2D eigenvalue weighted by molar-refractivity contribution is -0.114. The van der Waals surface area contributed by atoms with E-state index in [0.717, 1.165) is 48.3 Å². The van der Waals surface area contributed by atoms with Gasteiger partial charge >= 0.3 is 0 Å². The normalized spacial score (nSPS) is 21.0. The van der Waals surface area contributed by atoms with Crippen LogP contribution in [0.5, 0.6) is 11.5 Å². The average molecular weight is 691 g/mol. The highest BCUT2D eigenvalue weighted by molar-refractivity contribution is 7.92. The summed E-state index contributed by atoms with van der Waals surface area (Å²) >= 11 is 0. The number of aromatic nitrogens is 3. The number of pyridine rings is 1. The molecular formula is C37H50N6O5S. The highest BCUT2D eigenvalue weighted by Crippen LogP contribution is 2.41. The monoisotopic (exact) mass is 690 g/mol. The molecule has 1 saturated heterocycles. The Balaban J connectivity index is 0.000000201. The van der Waals surface area contributed by atoms with Crippen LogP contribution in [0.4, 0.5) is 11.4 Å². The van der Waals surface area contributed by atoms with Gasteiger partial charge in [0.25, 0.3) is 0 Å². The highest BCUT2D eigenvalue weighted by atomic mass is 32.2. The molecule has 1 fully saturated rings. The number of amides is 1. The van der Waals surface area contributed by atoms with Crippen LogP contribution < -0.4 is 19.5 Å². The van der Waals surface area contributed by atoms with Gasteiger partial charge in [-0.1, -0.05) is 52.0 Å². The molecule has 0 radical (unpaired) electrons. The number of carbonyl (C=O) groups excluding carboxylic acids is 1. The van der Waals surface area contributed by atoms with Gasteiger partial charge in [-0.15, -0.1) is 10.2 Å². The third-order valence-corrected chi connectivity index (χ3v) is 10.1. The van der Waals surface area contributed by atoms with Crippen LogP contribution in [0.25, 0.3) is 5.65 Å². The van der Waals surface area contributed by atoms with Gasteiger partial charge in [-0.3, -0.25) is 18.8 Å². The largest absolute Gasteiger partial charge is 0.492 e. The lowest BCUT2D eigenvalue weighted by atomic mass is 9.82. The second-order valence-corrected chi connectivity index (χ2v) is 16.1. The third-order valence-electron chi connectivity index (χ3n) is 9.52. The smallest absolute Gasteiger partial charge is 0.229 e. The van der Waals surface area contributed by atoms with Crippen molar-refractivity contribution < 1.29 is 22.7 Å². The number of nitrogens with zero attached hydrogens (tertiary/aromatic N) is 4. The van der Waals surface area contributed by atoms with Gasteiger partial charge in [0.05, 0.1) is 37.0 Å². The maximum atomic E-state index is 11.5. The first kappa shape index (κ1) is 36.1. The summed E-state index contributed by atoms with van der Waals surface area (Å²) in [5.41, 5.74) is 5.03. The fraction of sp³-hybridized carbons (Fsp3) is 0.486. The molecule has 4 aromatic rings. The predicted molar refractivity (Wildman–Crippen MR) is 194 cm³/mol. The summed E-state index contributed by atoms with van der Waals surface area (Å²) in [5, 5.41) is 11.6. The molecule has 0 saturated carbocycles. The molecule has 1 aliphatic carbocycles. The van der Waals surface area contributed by atoms with Crippen molar-refractivity contribution in [1.29, 1.82) is 0 Å². The second-order valence-electron chi connectivity index (χ2n) is 14.4. The Kier molecular flexibility index (Phi) is 10.6. The van der Waals surface area contributed by atoms with Crippen molar-refractivity contribution in [3.8, 4) is 11.5 Å². The summed E-state index contributed by atoms with van der Waals surface area (Å²) in [6.07, 6.45) is 7.77. The van der Waals surface area contributed by atoms with Gasteiger partial charge in [-0.25, -0.2) is 8.42 Å². The molecule has 12 heteroatoms. The number of benzene rings is 2. The Bertz CT molecular complexity index is 1920. The third kappa shape index (κ3) is 8.36. The Labute approximate surface area is 290 Å². The fourth-order valence-electron chi connectivity index (χ4n) is 6.70. The van der Waals surface area contributed by atoms with Gasteiger partial charge in [0.2, 0.25) is 15.9 Å². The summed E-state index contributed by atoms with van der Waals surface area (Å²) in [7, 11) is 0.146. The summed E-state index contributed by atoms with van der Waals surface area (Å²) in [6, 6.07) is 17.1. The Morgan fingerprint density at radius 1 is 0.959 bits per heavy atom. The number of hydrogen-bond donors (Lipinski definition) is 2. The van der Waals surface area contributed by atoms with Crippen LogP contribution in [0.2, 0.25) is 0 Å². The molecular weight excluding hydrogens is 641 g/mol. The number of ether oxygens (including phenoxy) is 2. The van der Waals surface area contributed by atoms with E-state index in [1.54, 1.807) is 12.1 Å². The molecule has 0 bridgehead atoms. The summed E-state index contributed by atoms with van der Waals surface area (Å²) in [4.78, 5) is 13.7. The zero-order valence-corrected chi connectivity index (χ0v) is 30.9. The molecule has 49 heavy (non-hydrogen) atoms. The average Bonchev–Trinajstić information content (AvgIpc) is 3.59. The second kappa shape index (κ2) is 14.4. The van der Waals surface area contributed by atoms with Crippen molar-refractivity contribution in [2.75, 3.05) is 30.5 Å². The van der Waals surface area contributed by atoms with Gasteiger partial charge in [-0.05, 0) is 91.9 Å². The summed E-state index contributed by atoms with van der Waals surface area (Å²) in [5.74, 6) is 2.53. The first-order valence-electron chi connectivity index (χ1n) is 16.9. The van der Waals surface area contributed by atoms with Crippen molar-refractivity contribution in [3.05, 3.63) is 77.2 Å². The van der Waals surface area contributed by atoms with E-state index in [1.165, 1.54) is 31.6 Å². The number of rotatable bonds is 7. The maximum absolute atomic E-state index is 11.5. The van der Waals surface area contributed by atoms with Gasteiger partial charge < -0.3 is 14.8 Å². The number of nitrogens with one attached hydrogen (secondary N) is 2. The van der Waals surface area contributed by atoms with Crippen molar-refractivity contribution in [2.24, 2.45) is 0 Å². The predicted octanol–water partition coefficient (Wildman–Crippen LogP) is 7.22. The number of carbonyl (C=O) groups is 1. The molecule has 6 rings (SSSR count). The van der Waals surface area contributed by atoms with Crippen LogP contribution in [-0.2, 0) is 20.2 Å². The number of hydrogen-bond acceptors (Lipinski definition) is 8. The van der Waals surface area contributed by atoms with E-state index in [-0.39, 0.29) is 23.2 Å². The molecule has 1 aliphatic heterocycles. The van der Waals surface area contributed by atoms with Gasteiger partial charge in [-0.2, -0.15) is 0 Å². The molecule has 11 nitrogen and oxygen atoms in total. The molecule has 4 atom stereocenters. The number of likely N-dealkylation sites (tertiary alicyclic amines) is 1. The first-order valence-corrected chi connectivity index (χ1v) is 18.7. The van der Waals surface area contributed by atoms with E-state index >= 15 is 0 Å². The lowest BCUT2D eigenvalue weighted by Gasteiger charge is -2.30. The fourth-order valence-corrected chi connectivity index (χ4v) is 7.25. The summed E-state index contributed by atoms with van der Waals surface area (Å²) in [6.45, 7) is 12.0. The Morgan fingerprint density at radius 3 is 2.27 bits per heavy atom. The van der Waals surface area contributed by atoms with E-state index in [0.29, 0.717) is 29.4 Å². The molecule has 264 valence electrons. The molecule has 2 aromatic carbocycles. The van der Waals surface area contributed by atoms with Gasteiger partial charge in [0.15, 0.2) is 17.2 Å². The SMILES string of the molecule is CC1CCC(Oc2ccc3nnc([C@@H]4CC[C@H](C)N4C)n3c2)c2ccccc21.COc1c(NC(C)=O)cc(C(C)(C)C)cc1NS(C)(=O)=O. The standard InChI is InChI=1S/C23H28N4O.C14H22N2O4S/c1-15-8-12-21(19-7-5-4-6-18(15)19)28-17-10-13-22-24-25-23(27(22)14-17)20-11-9-16(2)26(20)3;1-9(17)15-11-7-10(14(2,3)4)8-12(13(11)20-5)16-21(6,18)19/h4-7,10,13-16,20-21H,8-9,11-12H2,1-3H3;7-8,16H,1-6H3,(H,15,17)/t15?,16-,20-,21?;/m0./s1. The first-order chi connectivity index (χ1) is 23.1. The maximum Gasteiger partial charge on any atom is 0.229 e. The minimum atomic E-state index is -3.46. The van der Waals surface area contributed by atoms with Crippen LogP contribution in [0.1, 0.15) is 108 Å². The van der Waals surface area contributed by atoms with Gasteiger partial charge in [0, 0.05) is 13.0 Å². The van der Waals surface area contributed by atoms with Crippen LogP contribution >= 0.6 is 0 Å². The lowest BCUT2D eigenvalue weighted by Crippen LogP contribution is -2.26. The Morgan fingerprint density at radius 2 is 1.65 bits per heavy atom. The van der Waals surface area contributed by atoms with Crippen LogP contribution in [0.15, 0.2) is 54.7 Å². The molecule has 0 spiro atoms. The minimum Gasteiger partial charge on any atom is -0.492 e. The quantitative estimate of drug-likeness (QED) is 0.208. The molecule has 3 heterocycles. The molecule has 2 unspecified atom stereocenters. The molecule has 1 amide bonds. The van der Waals surface area contributed by atoms with Crippen molar-refractivity contribution in [2.45, 2.75) is 96.7 Å². The van der Waals surface area contributed by atoms with Crippen molar-refractivity contribution >= 4 is 33.0 Å². The number of methoxy groups -OCH3 is 1. The zero-order valence-electron chi connectivity index (χ0n) is 30.1. The van der Waals surface area contributed by atoms with Crippen LogP contribution in [0, 0.1) is 0 Å². The number of sulfonamides is 1. The molecule has 2 aliphatic rings. The van der Waals surface area contributed by atoms with E-state index in [2.05, 4.69) is 80.9 Å². The van der Waals surface area contributed by atoms with Crippen LogP contribution in [0.3, 0.4) is 0 Å². The Hall–Kier alpha value is -4.16. The summed E-state index contributed by atoms with van der Waals surface area (Å²) < 4.78 is 39.3. The van der Waals surface area contributed by atoms with Gasteiger partial charge in [0.1, 0.15) is 11.9 Å². The highest BCUT2D eigenvalue weighted by Gasteiger charge is 2.32. The molecule has 2 N–H and O–H groups in total. The van der Waals surface area contributed by atoms with E-state index < -0.39 is 10.0 Å². The minimum absolute atomic E-state index is 0.110.